The van der Waals surface area contributed by atoms with Gasteiger partial charge in [-0.1, -0.05) is 59.6 Å². The third-order valence-electron chi connectivity index (χ3n) is 4.43. The highest BCUT2D eigenvalue weighted by atomic mass is 35.5. The minimum absolute atomic E-state index is 0.341. The summed E-state index contributed by atoms with van der Waals surface area (Å²) in [5.41, 5.74) is 3.96. The number of rotatable bonds is 7. The summed E-state index contributed by atoms with van der Waals surface area (Å²) >= 11 is 14.2. The topological polar surface area (TPSA) is 42.2 Å². The Morgan fingerprint density at radius 2 is 1.74 bits per heavy atom. The van der Waals surface area contributed by atoms with Crippen LogP contribution in [-0.2, 0) is 12.3 Å². The molecule has 1 aromatic heterocycles. The highest BCUT2D eigenvalue weighted by molar-refractivity contribution is 7.98. The Morgan fingerprint density at radius 1 is 1.07 bits per heavy atom. The molecule has 0 saturated carbocycles. The number of hydrogen-bond acceptors (Lipinski definition) is 2. The second-order valence-electron chi connectivity index (χ2n) is 6.10. The van der Waals surface area contributed by atoms with Gasteiger partial charge in [-0.05, 0) is 36.2 Å². The van der Waals surface area contributed by atoms with Crippen molar-refractivity contribution >= 4 is 40.9 Å². The van der Waals surface area contributed by atoms with E-state index >= 15 is 0 Å². The lowest BCUT2D eigenvalue weighted by molar-refractivity contribution is 0.0696. The van der Waals surface area contributed by atoms with Crippen LogP contribution in [0.1, 0.15) is 21.6 Å². The Bertz CT molecular complexity index is 934. The zero-order valence-electron chi connectivity index (χ0n) is 14.8. The molecule has 0 radical (unpaired) electrons. The van der Waals surface area contributed by atoms with E-state index in [1.54, 1.807) is 17.8 Å². The minimum atomic E-state index is -0.904. The van der Waals surface area contributed by atoms with Gasteiger partial charge in [0.05, 0.1) is 5.56 Å². The zero-order chi connectivity index (χ0) is 19.4. The van der Waals surface area contributed by atoms with Crippen LogP contribution in [0.25, 0.3) is 11.3 Å². The smallest absolute Gasteiger partial charge is 0.337 e. The van der Waals surface area contributed by atoms with E-state index in [2.05, 4.69) is 4.57 Å². The number of hydrogen-bond donors (Lipinski definition) is 1. The van der Waals surface area contributed by atoms with Crippen molar-refractivity contribution in [3.8, 4) is 11.3 Å². The lowest BCUT2D eigenvalue weighted by atomic mass is 10.1. The summed E-state index contributed by atoms with van der Waals surface area (Å²) in [6.45, 7) is 2.56. The van der Waals surface area contributed by atoms with Gasteiger partial charge in [-0.15, -0.1) is 0 Å². The molecule has 0 unspecified atom stereocenters. The summed E-state index contributed by atoms with van der Waals surface area (Å²) in [6.07, 6.45) is 0. The Hall–Kier alpha value is -1.88. The largest absolute Gasteiger partial charge is 0.478 e. The molecule has 1 N–H and O–H groups in total. The average Bonchev–Trinajstić information content (AvgIpc) is 2.98. The number of carbonyl (C=O) groups is 1. The SMILES string of the molecule is Cc1c(C(=O)O)cc(-c2ccccc2)n1CCSCc1c(Cl)cccc1Cl. The second kappa shape index (κ2) is 8.87. The molecule has 0 aliphatic carbocycles. The molecule has 0 amide bonds. The van der Waals surface area contributed by atoms with E-state index < -0.39 is 5.97 Å². The molecule has 0 bridgehead atoms. The van der Waals surface area contributed by atoms with Gasteiger partial charge in [-0.3, -0.25) is 0 Å². The number of carboxylic acids is 1. The molecule has 140 valence electrons. The number of thioether (sulfide) groups is 1. The van der Waals surface area contributed by atoms with Crippen molar-refractivity contribution in [2.24, 2.45) is 0 Å². The minimum Gasteiger partial charge on any atom is -0.478 e. The Labute approximate surface area is 172 Å². The maximum Gasteiger partial charge on any atom is 0.337 e. The van der Waals surface area contributed by atoms with E-state index in [1.165, 1.54) is 0 Å². The van der Waals surface area contributed by atoms with Gasteiger partial charge < -0.3 is 9.67 Å². The van der Waals surface area contributed by atoms with E-state index in [-0.39, 0.29) is 0 Å². The van der Waals surface area contributed by atoms with E-state index in [0.717, 1.165) is 28.3 Å². The normalized spacial score (nSPS) is 10.9. The van der Waals surface area contributed by atoms with Crippen LogP contribution in [0.4, 0.5) is 0 Å². The maximum absolute atomic E-state index is 11.6. The molecular weight excluding hydrogens is 401 g/mol. The highest BCUT2D eigenvalue weighted by Gasteiger charge is 2.17. The van der Waals surface area contributed by atoms with Gasteiger partial charge in [0.1, 0.15) is 0 Å². The number of aromatic carboxylic acids is 1. The van der Waals surface area contributed by atoms with Gasteiger partial charge in [0.2, 0.25) is 0 Å². The Kier molecular flexibility index (Phi) is 6.53. The third-order valence-corrected chi connectivity index (χ3v) is 6.11. The first-order valence-corrected chi connectivity index (χ1v) is 10.4. The van der Waals surface area contributed by atoms with Crippen molar-refractivity contribution < 1.29 is 9.90 Å². The molecule has 1 heterocycles. The van der Waals surface area contributed by atoms with E-state index in [1.807, 2.05) is 55.5 Å². The van der Waals surface area contributed by atoms with Crippen LogP contribution in [-0.4, -0.2) is 21.4 Å². The molecular formula is C21H19Cl2NO2S. The summed E-state index contributed by atoms with van der Waals surface area (Å²) in [5.74, 6) is 0.625. The standard InChI is InChI=1S/C21H19Cl2NO2S/c1-14-16(21(25)26)12-20(15-6-3-2-4-7-15)24(14)10-11-27-13-17-18(22)8-5-9-19(17)23/h2-9,12H,10-11,13H2,1H3,(H,25,26). The molecule has 3 rings (SSSR count). The molecule has 0 aliphatic rings. The van der Waals surface area contributed by atoms with Crippen LogP contribution < -0.4 is 0 Å². The second-order valence-corrected chi connectivity index (χ2v) is 8.02. The molecule has 2 aromatic carbocycles. The summed E-state index contributed by atoms with van der Waals surface area (Å²) < 4.78 is 2.07. The zero-order valence-corrected chi connectivity index (χ0v) is 17.1. The fourth-order valence-electron chi connectivity index (χ4n) is 3.00. The van der Waals surface area contributed by atoms with Gasteiger partial charge in [0.25, 0.3) is 0 Å². The average molecular weight is 420 g/mol. The number of aromatic nitrogens is 1. The number of halogens is 2. The summed E-state index contributed by atoms with van der Waals surface area (Å²) in [6, 6.07) is 17.1. The van der Waals surface area contributed by atoms with Gasteiger partial charge in [-0.2, -0.15) is 11.8 Å². The van der Waals surface area contributed by atoms with E-state index in [0.29, 0.717) is 27.9 Å². The van der Waals surface area contributed by atoms with Crippen molar-refractivity contribution in [1.82, 2.24) is 4.57 Å². The van der Waals surface area contributed by atoms with Gasteiger partial charge in [0, 0.05) is 39.5 Å². The first-order chi connectivity index (χ1) is 13.0. The van der Waals surface area contributed by atoms with Crippen LogP contribution >= 0.6 is 35.0 Å². The van der Waals surface area contributed by atoms with Crippen LogP contribution in [0.5, 0.6) is 0 Å². The monoisotopic (exact) mass is 419 g/mol. The number of nitrogens with zero attached hydrogens (tertiary/aromatic N) is 1. The highest BCUT2D eigenvalue weighted by Crippen LogP contribution is 2.30. The van der Waals surface area contributed by atoms with Crippen LogP contribution in [0.3, 0.4) is 0 Å². The Balaban J connectivity index is 1.77. The van der Waals surface area contributed by atoms with Crippen LogP contribution in [0.2, 0.25) is 10.0 Å². The molecule has 3 nitrogen and oxygen atoms in total. The van der Waals surface area contributed by atoms with Gasteiger partial charge in [-0.25, -0.2) is 4.79 Å². The molecule has 0 spiro atoms. The predicted molar refractivity (Wildman–Crippen MR) is 114 cm³/mol. The Morgan fingerprint density at radius 3 is 2.37 bits per heavy atom. The first kappa shape index (κ1) is 19.9. The van der Waals surface area contributed by atoms with Gasteiger partial charge >= 0.3 is 5.97 Å². The fraction of sp³-hybridized carbons (Fsp3) is 0.190. The molecule has 0 atom stereocenters. The van der Waals surface area contributed by atoms with Crippen molar-refractivity contribution in [2.45, 2.75) is 19.2 Å². The molecule has 0 aliphatic heterocycles. The fourth-order valence-corrected chi connectivity index (χ4v) is 4.66. The molecule has 0 fully saturated rings. The van der Waals surface area contributed by atoms with Gasteiger partial charge in [0.15, 0.2) is 0 Å². The summed E-state index contributed by atoms with van der Waals surface area (Å²) in [5, 5.41) is 10.8. The first-order valence-electron chi connectivity index (χ1n) is 8.48. The molecule has 27 heavy (non-hydrogen) atoms. The van der Waals surface area contributed by atoms with Crippen LogP contribution in [0.15, 0.2) is 54.6 Å². The summed E-state index contributed by atoms with van der Waals surface area (Å²) in [7, 11) is 0. The van der Waals surface area contributed by atoms with Crippen molar-refractivity contribution in [3.63, 3.8) is 0 Å². The summed E-state index contributed by atoms with van der Waals surface area (Å²) in [4.78, 5) is 11.6. The molecule has 0 saturated heterocycles. The third kappa shape index (κ3) is 4.52. The number of carboxylic acid groups (broad SMARTS) is 1. The number of benzene rings is 2. The van der Waals surface area contributed by atoms with Crippen molar-refractivity contribution in [3.05, 3.63) is 81.5 Å². The maximum atomic E-state index is 11.6. The predicted octanol–water partition coefficient (Wildman–Crippen LogP) is 6.40. The van der Waals surface area contributed by atoms with Crippen molar-refractivity contribution in [2.75, 3.05) is 5.75 Å². The van der Waals surface area contributed by atoms with E-state index in [4.69, 9.17) is 23.2 Å². The molecule has 6 heteroatoms. The van der Waals surface area contributed by atoms with E-state index in [9.17, 15) is 9.90 Å². The molecule has 3 aromatic rings. The van der Waals surface area contributed by atoms with Crippen LogP contribution in [0, 0.1) is 6.92 Å². The van der Waals surface area contributed by atoms with Crippen molar-refractivity contribution in [1.29, 1.82) is 0 Å². The lowest BCUT2D eigenvalue weighted by Crippen LogP contribution is -2.06. The lowest BCUT2D eigenvalue weighted by Gasteiger charge is -2.12. The quantitative estimate of drug-likeness (QED) is 0.450.